The summed E-state index contributed by atoms with van der Waals surface area (Å²) in [4.78, 5) is 42.8. The molecule has 1 amide bonds. The first-order chi connectivity index (χ1) is 15.8. The van der Waals surface area contributed by atoms with E-state index in [4.69, 9.17) is 0 Å². The molecule has 0 aliphatic carbocycles. The number of anilines is 1. The average molecular weight is 447 g/mol. The van der Waals surface area contributed by atoms with E-state index in [1.54, 1.807) is 20.3 Å². The summed E-state index contributed by atoms with van der Waals surface area (Å²) >= 11 is 0. The fourth-order valence-electron chi connectivity index (χ4n) is 4.25. The minimum atomic E-state index is -0.188. The lowest BCUT2D eigenvalue weighted by Gasteiger charge is -2.35. The number of rotatable bonds is 3. The fourth-order valence-corrected chi connectivity index (χ4v) is 4.25. The molecule has 0 radical (unpaired) electrons. The minimum Gasteiger partial charge on any atom is -0.368 e. The van der Waals surface area contributed by atoms with Crippen molar-refractivity contribution in [3.63, 3.8) is 0 Å². The predicted octanol–water partition coefficient (Wildman–Crippen LogP) is 1.99. The standard InChI is InChI=1S/C23H26N8O2/c1-14(2)30-13-24-19-12-17(5-6-18(19)21(30)32)28-7-9-29(10-8-28)22(33)20-26-23-25-15(3)11-16(4)31(23)27-20/h5-6,11-14H,7-10H2,1-4H3. The van der Waals surface area contributed by atoms with Crippen LogP contribution in [0, 0.1) is 13.8 Å². The number of carbonyl (C=O) groups is 1. The molecule has 1 aliphatic heterocycles. The van der Waals surface area contributed by atoms with Crippen molar-refractivity contribution >= 4 is 28.3 Å². The maximum absolute atomic E-state index is 13.0. The average Bonchev–Trinajstić information content (AvgIpc) is 3.23. The molecule has 4 aromatic rings. The molecule has 0 atom stereocenters. The van der Waals surface area contributed by atoms with Gasteiger partial charge < -0.3 is 9.80 Å². The highest BCUT2D eigenvalue weighted by Gasteiger charge is 2.26. The van der Waals surface area contributed by atoms with E-state index in [9.17, 15) is 9.59 Å². The van der Waals surface area contributed by atoms with Gasteiger partial charge in [0.2, 0.25) is 5.82 Å². The highest BCUT2D eigenvalue weighted by Crippen LogP contribution is 2.21. The van der Waals surface area contributed by atoms with E-state index in [2.05, 4.69) is 25.0 Å². The molecule has 0 N–H and O–H groups in total. The second-order valence-electron chi connectivity index (χ2n) is 8.72. The Hall–Kier alpha value is -3.82. The first-order valence-electron chi connectivity index (χ1n) is 11.1. The third kappa shape index (κ3) is 3.71. The summed E-state index contributed by atoms with van der Waals surface area (Å²) in [5, 5.41) is 4.98. The van der Waals surface area contributed by atoms with Crippen LogP contribution < -0.4 is 10.5 Å². The van der Waals surface area contributed by atoms with Gasteiger partial charge in [0.1, 0.15) is 0 Å². The zero-order chi connectivity index (χ0) is 23.3. The number of nitrogens with zero attached hydrogens (tertiary/aromatic N) is 8. The Balaban J connectivity index is 1.32. The fraction of sp³-hybridized carbons (Fsp3) is 0.391. The van der Waals surface area contributed by atoms with Crippen molar-refractivity contribution in [2.45, 2.75) is 33.7 Å². The molecule has 3 aromatic heterocycles. The highest BCUT2D eigenvalue weighted by molar-refractivity contribution is 5.91. The highest BCUT2D eigenvalue weighted by atomic mass is 16.2. The first-order valence-corrected chi connectivity index (χ1v) is 11.1. The van der Waals surface area contributed by atoms with Crippen LogP contribution in [0.4, 0.5) is 5.69 Å². The van der Waals surface area contributed by atoms with Gasteiger partial charge in [-0.05, 0) is 52.0 Å². The predicted molar refractivity (Wildman–Crippen MR) is 125 cm³/mol. The van der Waals surface area contributed by atoms with E-state index in [1.165, 1.54) is 0 Å². The van der Waals surface area contributed by atoms with Crippen molar-refractivity contribution in [3.8, 4) is 0 Å². The summed E-state index contributed by atoms with van der Waals surface area (Å²) in [5.41, 5.74) is 3.37. The van der Waals surface area contributed by atoms with E-state index in [0.29, 0.717) is 42.9 Å². The first kappa shape index (κ1) is 21.0. The number of hydrogen-bond donors (Lipinski definition) is 0. The molecular formula is C23H26N8O2. The molecule has 1 saturated heterocycles. The quantitative estimate of drug-likeness (QED) is 0.474. The van der Waals surface area contributed by atoms with Crippen molar-refractivity contribution < 1.29 is 4.79 Å². The Morgan fingerprint density at radius 1 is 1.03 bits per heavy atom. The molecule has 0 unspecified atom stereocenters. The van der Waals surface area contributed by atoms with Gasteiger partial charge in [-0.25, -0.2) is 14.5 Å². The summed E-state index contributed by atoms with van der Waals surface area (Å²) in [6, 6.07) is 7.71. The van der Waals surface area contributed by atoms with Gasteiger partial charge in [0.25, 0.3) is 17.2 Å². The summed E-state index contributed by atoms with van der Waals surface area (Å²) < 4.78 is 3.24. The topological polar surface area (TPSA) is 102 Å². The van der Waals surface area contributed by atoms with E-state index < -0.39 is 0 Å². The van der Waals surface area contributed by atoms with Crippen LogP contribution in [0.1, 0.15) is 41.9 Å². The number of benzene rings is 1. The Labute approximate surface area is 190 Å². The number of hydrogen-bond acceptors (Lipinski definition) is 7. The molecule has 5 rings (SSSR count). The molecule has 10 nitrogen and oxygen atoms in total. The van der Waals surface area contributed by atoms with Crippen molar-refractivity contribution in [2.24, 2.45) is 0 Å². The summed E-state index contributed by atoms with van der Waals surface area (Å²) in [7, 11) is 0. The van der Waals surface area contributed by atoms with Gasteiger partial charge in [0, 0.05) is 49.3 Å². The number of piperazine rings is 1. The van der Waals surface area contributed by atoms with Crippen molar-refractivity contribution in [3.05, 3.63) is 58.2 Å². The van der Waals surface area contributed by atoms with Crippen molar-refractivity contribution in [2.75, 3.05) is 31.1 Å². The van der Waals surface area contributed by atoms with Crippen LogP contribution in [0.5, 0.6) is 0 Å². The van der Waals surface area contributed by atoms with Gasteiger partial charge in [-0.2, -0.15) is 4.98 Å². The van der Waals surface area contributed by atoms with Crippen molar-refractivity contribution in [1.29, 1.82) is 0 Å². The lowest BCUT2D eigenvalue weighted by molar-refractivity contribution is 0.0734. The van der Waals surface area contributed by atoms with Gasteiger partial charge in [-0.3, -0.25) is 14.2 Å². The molecule has 0 saturated carbocycles. The molecule has 1 aliphatic rings. The number of amides is 1. The van der Waals surface area contributed by atoms with Gasteiger partial charge in [0.15, 0.2) is 0 Å². The number of fused-ring (bicyclic) bond motifs is 2. The molecule has 0 bridgehead atoms. The zero-order valence-corrected chi connectivity index (χ0v) is 19.2. The molecule has 1 aromatic carbocycles. The van der Waals surface area contributed by atoms with Crippen LogP contribution in [0.2, 0.25) is 0 Å². The van der Waals surface area contributed by atoms with Crippen LogP contribution in [0.3, 0.4) is 0 Å². The minimum absolute atomic E-state index is 0.0307. The molecular weight excluding hydrogens is 420 g/mol. The zero-order valence-electron chi connectivity index (χ0n) is 19.2. The van der Waals surface area contributed by atoms with Crippen LogP contribution >= 0.6 is 0 Å². The van der Waals surface area contributed by atoms with Gasteiger partial charge >= 0.3 is 0 Å². The summed E-state index contributed by atoms with van der Waals surface area (Å²) in [5.74, 6) is 0.419. The van der Waals surface area contributed by atoms with Crippen LogP contribution in [-0.4, -0.2) is 66.1 Å². The monoisotopic (exact) mass is 446 g/mol. The Kier molecular flexibility index (Phi) is 5.07. The summed E-state index contributed by atoms with van der Waals surface area (Å²) in [6.45, 7) is 10.2. The smallest absolute Gasteiger partial charge is 0.293 e. The van der Waals surface area contributed by atoms with E-state index in [1.807, 2.05) is 52.0 Å². The van der Waals surface area contributed by atoms with E-state index in [0.717, 1.165) is 17.1 Å². The Morgan fingerprint density at radius 2 is 1.79 bits per heavy atom. The van der Waals surface area contributed by atoms with E-state index >= 15 is 0 Å². The SMILES string of the molecule is Cc1cc(C)n2nc(C(=O)N3CCN(c4ccc5c(=O)n(C(C)C)cnc5c4)CC3)nc2n1. The van der Waals surface area contributed by atoms with Gasteiger partial charge in [-0.1, -0.05) is 0 Å². The van der Waals surface area contributed by atoms with Gasteiger partial charge in [-0.15, -0.1) is 5.10 Å². The van der Waals surface area contributed by atoms with Gasteiger partial charge in [0.05, 0.1) is 17.2 Å². The third-order valence-electron chi connectivity index (χ3n) is 6.07. The number of aryl methyl sites for hydroxylation is 2. The Morgan fingerprint density at radius 3 is 2.52 bits per heavy atom. The van der Waals surface area contributed by atoms with E-state index in [-0.39, 0.29) is 23.3 Å². The molecule has 170 valence electrons. The molecule has 10 heteroatoms. The van der Waals surface area contributed by atoms with Crippen LogP contribution in [-0.2, 0) is 0 Å². The maximum Gasteiger partial charge on any atom is 0.293 e. The summed E-state index contributed by atoms with van der Waals surface area (Å²) in [6.07, 6.45) is 1.61. The third-order valence-corrected chi connectivity index (χ3v) is 6.07. The second-order valence-corrected chi connectivity index (χ2v) is 8.72. The lowest BCUT2D eigenvalue weighted by Crippen LogP contribution is -2.49. The van der Waals surface area contributed by atoms with Crippen LogP contribution in [0.15, 0.2) is 35.4 Å². The lowest BCUT2D eigenvalue weighted by atomic mass is 10.2. The normalized spacial score (nSPS) is 14.6. The Bertz CT molecular complexity index is 1430. The molecule has 4 heterocycles. The molecule has 0 spiro atoms. The largest absolute Gasteiger partial charge is 0.368 e. The molecule has 33 heavy (non-hydrogen) atoms. The maximum atomic E-state index is 13.0. The number of aromatic nitrogens is 6. The molecule has 1 fully saturated rings. The second kappa shape index (κ2) is 7.95. The number of carbonyl (C=O) groups excluding carboxylic acids is 1. The van der Waals surface area contributed by atoms with Crippen LogP contribution in [0.25, 0.3) is 16.7 Å². The van der Waals surface area contributed by atoms with Crippen molar-refractivity contribution in [1.82, 2.24) is 34.0 Å².